The van der Waals surface area contributed by atoms with Crippen LogP contribution in [0, 0.1) is 17.8 Å². The Morgan fingerprint density at radius 2 is 1.53 bits per heavy atom. The van der Waals surface area contributed by atoms with Crippen LogP contribution >= 0.6 is 0 Å². The van der Waals surface area contributed by atoms with Gasteiger partial charge in [-0.1, -0.05) is 13.8 Å². The second kappa shape index (κ2) is 4.42. The maximum absolute atomic E-state index is 10.7. The summed E-state index contributed by atoms with van der Waals surface area (Å²) in [6, 6.07) is 0. The molecule has 15 heavy (non-hydrogen) atoms. The van der Waals surface area contributed by atoms with Crippen LogP contribution in [0.5, 0.6) is 0 Å². The van der Waals surface area contributed by atoms with E-state index in [1.54, 1.807) is 0 Å². The third-order valence-corrected chi connectivity index (χ3v) is 4.30. The Hall–Kier alpha value is -0.0800. The highest BCUT2D eigenvalue weighted by Crippen LogP contribution is 2.42. The molecule has 1 aliphatic heterocycles. The van der Waals surface area contributed by atoms with E-state index in [2.05, 4.69) is 13.8 Å². The highest BCUT2D eigenvalue weighted by atomic mass is 16.5. The lowest BCUT2D eigenvalue weighted by Crippen LogP contribution is -2.45. The van der Waals surface area contributed by atoms with Crippen LogP contribution in [0.25, 0.3) is 0 Å². The summed E-state index contributed by atoms with van der Waals surface area (Å²) in [5.74, 6) is 2.08. The molecular formula is C13H24O2. The molecule has 1 saturated heterocycles. The Bertz CT molecular complexity index is 199. The van der Waals surface area contributed by atoms with Crippen molar-refractivity contribution in [3.8, 4) is 0 Å². The van der Waals surface area contributed by atoms with Crippen molar-refractivity contribution in [3.05, 3.63) is 0 Å². The smallest absolute Gasteiger partial charge is 0.0719 e. The Morgan fingerprint density at radius 1 is 1.00 bits per heavy atom. The minimum Gasteiger partial charge on any atom is -0.389 e. The zero-order chi connectivity index (χ0) is 10.9. The zero-order valence-electron chi connectivity index (χ0n) is 10.0. The van der Waals surface area contributed by atoms with E-state index in [0.717, 1.165) is 37.9 Å². The predicted molar refractivity (Wildman–Crippen MR) is 60.7 cm³/mol. The van der Waals surface area contributed by atoms with Gasteiger partial charge in [-0.2, -0.15) is 0 Å². The van der Waals surface area contributed by atoms with E-state index in [4.69, 9.17) is 4.74 Å². The number of rotatable bonds is 1. The molecule has 0 amide bonds. The average Bonchev–Trinajstić information content (AvgIpc) is 2.17. The van der Waals surface area contributed by atoms with Crippen molar-refractivity contribution in [2.45, 2.75) is 51.6 Å². The van der Waals surface area contributed by atoms with Crippen molar-refractivity contribution in [1.82, 2.24) is 0 Å². The van der Waals surface area contributed by atoms with Crippen LogP contribution in [-0.4, -0.2) is 23.9 Å². The van der Waals surface area contributed by atoms with Crippen LogP contribution < -0.4 is 0 Å². The minimum atomic E-state index is -0.415. The molecule has 1 heterocycles. The van der Waals surface area contributed by atoms with Gasteiger partial charge in [0.25, 0.3) is 0 Å². The summed E-state index contributed by atoms with van der Waals surface area (Å²) >= 11 is 0. The minimum absolute atomic E-state index is 0.415. The SMILES string of the molecule is CC1CC(C)CC(C2(O)CCOCC2)C1. The largest absolute Gasteiger partial charge is 0.389 e. The summed E-state index contributed by atoms with van der Waals surface area (Å²) in [6.45, 7) is 6.14. The van der Waals surface area contributed by atoms with Crippen molar-refractivity contribution in [2.24, 2.45) is 17.8 Å². The van der Waals surface area contributed by atoms with E-state index in [1.807, 2.05) is 0 Å². The van der Waals surface area contributed by atoms with Crippen molar-refractivity contribution in [1.29, 1.82) is 0 Å². The monoisotopic (exact) mass is 212 g/mol. The molecule has 2 rings (SSSR count). The lowest BCUT2D eigenvalue weighted by Gasteiger charge is -2.44. The van der Waals surface area contributed by atoms with Gasteiger partial charge in [0.15, 0.2) is 0 Å². The molecule has 0 radical (unpaired) electrons. The molecule has 2 atom stereocenters. The van der Waals surface area contributed by atoms with Crippen LogP contribution in [-0.2, 0) is 4.74 Å². The third kappa shape index (κ3) is 2.54. The summed E-state index contributed by atoms with van der Waals surface area (Å²) in [7, 11) is 0. The lowest BCUT2D eigenvalue weighted by molar-refractivity contribution is -0.115. The molecule has 2 nitrogen and oxygen atoms in total. The van der Waals surface area contributed by atoms with Crippen LogP contribution in [0.15, 0.2) is 0 Å². The average molecular weight is 212 g/mol. The van der Waals surface area contributed by atoms with E-state index in [9.17, 15) is 5.11 Å². The fraction of sp³-hybridized carbons (Fsp3) is 1.00. The number of hydrogen-bond acceptors (Lipinski definition) is 2. The molecule has 88 valence electrons. The first-order valence-electron chi connectivity index (χ1n) is 6.40. The molecule has 0 aromatic carbocycles. The third-order valence-electron chi connectivity index (χ3n) is 4.30. The zero-order valence-corrected chi connectivity index (χ0v) is 10.0. The molecule has 2 unspecified atom stereocenters. The van der Waals surface area contributed by atoms with Crippen LogP contribution in [0.1, 0.15) is 46.0 Å². The summed E-state index contributed by atoms with van der Waals surface area (Å²) < 4.78 is 5.35. The van der Waals surface area contributed by atoms with Crippen molar-refractivity contribution >= 4 is 0 Å². The fourth-order valence-electron chi connectivity index (χ4n) is 3.52. The van der Waals surface area contributed by atoms with Crippen molar-refractivity contribution in [3.63, 3.8) is 0 Å². The topological polar surface area (TPSA) is 29.5 Å². The summed E-state index contributed by atoms with van der Waals surface area (Å²) in [6.07, 6.45) is 5.44. The van der Waals surface area contributed by atoms with Crippen LogP contribution in [0.2, 0.25) is 0 Å². The molecule has 0 aromatic rings. The molecule has 0 aromatic heterocycles. The van der Waals surface area contributed by atoms with Gasteiger partial charge in [-0.25, -0.2) is 0 Å². The highest BCUT2D eigenvalue weighted by Gasteiger charge is 2.41. The number of aliphatic hydroxyl groups is 1. The van der Waals surface area contributed by atoms with Crippen LogP contribution in [0.4, 0.5) is 0 Å². The van der Waals surface area contributed by atoms with Gasteiger partial charge in [0.2, 0.25) is 0 Å². The van der Waals surface area contributed by atoms with Gasteiger partial charge in [0.1, 0.15) is 0 Å². The second-order valence-electron chi connectivity index (χ2n) is 5.83. The van der Waals surface area contributed by atoms with Gasteiger partial charge in [-0.15, -0.1) is 0 Å². The van der Waals surface area contributed by atoms with E-state index in [1.165, 1.54) is 19.3 Å². The predicted octanol–water partition coefficient (Wildman–Crippen LogP) is 2.60. The molecule has 0 spiro atoms. The van der Waals surface area contributed by atoms with Gasteiger partial charge >= 0.3 is 0 Å². The molecule has 2 heteroatoms. The van der Waals surface area contributed by atoms with Crippen LogP contribution in [0.3, 0.4) is 0 Å². The molecule has 2 fully saturated rings. The maximum Gasteiger partial charge on any atom is 0.0719 e. The van der Waals surface area contributed by atoms with Gasteiger partial charge < -0.3 is 9.84 Å². The Morgan fingerprint density at radius 3 is 2.07 bits per heavy atom. The number of hydrogen-bond donors (Lipinski definition) is 1. The second-order valence-corrected chi connectivity index (χ2v) is 5.83. The summed E-state index contributed by atoms with van der Waals surface area (Å²) in [4.78, 5) is 0. The summed E-state index contributed by atoms with van der Waals surface area (Å²) in [5.41, 5.74) is -0.415. The Balaban J connectivity index is 2.01. The highest BCUT2D eigenvalue weighted by molar-refractivity contribution is 4.92. The Kier molecular flexibility index (Phi) is 3.36. The normalized spacial score (nSPS) is 41.4. The summed E-state index contributed by atoms with van der Waals surface area (Å²) in [5, 5.41) is 10.7. The quantitative estimate of drug-likeness (QED) is 0.724. The fourth-order valence-corrected chi connectivity index (χ4v) is 3.52. The number of ether oxygens (including phenoxy) is 1. The molecule has 1 N–H and O–H groups in total. The first-order chi connectivity index (χ1) is 7.10. The molecular weight excluding hydrogens is 188 g/mol. The maximum atomic E-state index is 10.7. The molecule has 2 aliphatic rings. The van der Waals surface area contributed by atoms with Gasteiger partial charge in [-0.05, 0) is 49.9 Å². The standard InChI is InChI=1S/C13H24O2/c1-10-7-11(2)9-12(8-10)13(14)3-5-15-6-4-13/h10-12,14H,3-9H2,1-2H3. The van der Waals surface area contributed by atoms with E-state index in [0.29, 0.717) is 5.92 Å². The van der Waals surface area contributed by atoms with Crippen molar-refractivity contribution < 1.29 is 9.84 Å². The van der Waals surface area contributed by atoms with Gasteiger partial charge in [-0.3, -0.25) is 0 Å². The van der Waals surface area contributed by atoms with Gasteiger partial charge in [0.05, 0.1) is 5.60 Å². The van der Waals surface area contributed by atoms with Crippen molar-refractivity contribution in [2.75, 3.05) is 13.2 Å². The molecule has 1 aliphatic carbocycles. The van der Waals surface area contributed by atoms with E-state index < -0.39 is 5.60 Å². The molecule has 0 bridgehead atoms. The lowest BCUT2D eigenvalue weighted by atomic mass is 9.67. The van der Waals surface area contributed by atoms with E-state index >= 15 is 0 Å². The first kappa shape index (κ1) is 11.4. The van der Waals surface area contributed by atoms with Gasteiger partial charge in [0, 0.05) is 13.2 Å². The molecule has 1 saturated carbocycles. The van der Waals surface area contributed by atoms with E-state index in [-0.39, 0.29) is 0 Å². The first-order valence-corrected chi connectivity index (χ1v) is 6.40. The Labute approximate surface area is 93.0 Å².